The smallest absolute Gasteiger partial charge is 0.337 e. The first-order valence-corrected chi connectivity index (χ1v) is 4.21. The van der Waals surface area contributed by atoms with E-state index in [-0.39, 0.29) is 5.57 Å². The van der Waals surface area contributed by atoms with E-state index in [4.69, 9.17) is 5.11 Å². The maximum atomic E-state index is 10.5. The van der Waals surface area contributed by atoms with Crippen molar-refractivity contribution in [3.05, 3.63) is 24.4 Å². The van der Waals surface area contributed by atoms with E-state index in [2.05, 4.69) is 11.6 Å². The molecule has 1 N–H and O–H groups in total. The van der Waals surface area contributed by atoms with Crippen LogP contribution in [0.5, 0.6) is 0 Å². The van der Waals surface area contributed by atoms with Crippen molar-refractivity contribution in [1.82, 2.24) is 0 Å². The molecule has 0 spiro atoms. The van der Waals surface area contributed by atoms with E-state index in [0.29, 0.717) is 0 Å². The number of hydrogen-bond acceptors (Lipinski definition) is 2. The van der Waals surface area contributed by atoms with E-state index in [1.807, 2.05) is 13.8 Å². The van der Waals surface area contributed by atoms with Crippen LogP contribution in [0.3, 0.4) is 0 Å². The number of hydrogen-bond donors (Lipinski definition) is 1. The van der Waals surface area contributed by atoms with Crippen molar-refractivity contribution in [3.63, 3.8) is 0 Å². The van der Waals surface area contributed by atoms with Gasteiger partial charge < -0.3 is 5.11 Å². The van der Waals surface area contributed by atoms with Crippen molar-refractivity contribution in [2.45, 2.75) is 26.7 Å². The van der Waals surface area contributed by atoms with Gasteiger partial charge in [0.2, 0.25) is 0 Å². The van der Waals surface area contributed by atoms with Crippen LogP contribution in [0.15, 0.2) is 29.4 Å². The Hall–Kier alpha value is -1.38. The molecule has 0 saturated heterocycles. The fourth-order valence-corrected chi connectivity index (χ4v) is 0.801. The van der Waals surface area contributed by atoms with Crippen LogP contribution in [0.25, 0.3) is 0 Å². The molecule has 0 aliphatic heterocycles. The Balaban J connectivity index is 4.44. The number of aliphatic carboxylic acids is 1. The zero-order chi connectivity index (χ0) is 10.3. The van der Waals surface area contributed by atoms with Crippen molar-refractivity contribution >= 4 is 11.7 Å². The second-order valence-electron chi connectivity index (χ2n) is 2.71. The highest BCUT2D eigenvalue weighted by Gasteiger charge is 1.99. The van der Waals surface area contributed by atoms with Crippen molar-refractivity contribution in [1.29, 1.82) is 0 Å². The summed E-state index contributed by atoms with van der Waals surface area (Å²) in [4.78, 5) is 14.5. The van der Waals surface area contributed by atoms with Gasteiger partial charge in [0.1, 0.15) is 0 Å². The summed E-state index contributed by atoms with van der Waals surface area (Å²) in [5.41, 5.74) is 1.05. The van der Waals surface area contributed by atoms with Crippen molar-refractivity contribution < 1.29 is 9.90 Å². The van der Waals surface area contributed by atoms with Gasteiger partial charge in [-0.1, -0.05) is 26.0 Å². The molecule has 3 heteroatoms. The normalized spacial score (nSPS) is 12.8. The summed E-state index contributed by atoms with van der Waals surface area (Å²) in [6.07, 6.45) is 4.52. The number of aliphatic imine (C=N–C) groups is 1. The molecule has 0 atom stereocenters. The van der Waals surface area contributed by atoms with E-state index in [1.54, 1.807) is 0 Å². The van der Waals surface area contributed by atoms with Crippen molar-refractivity contribution in [2.24, 2.45) is 4.99 Å². The Morgan fingerprint density at radius 1 is 1.62 bits per heavy atom. The highest BCUT2D eigenvalue weighted by atomic mass is 16.4. The Bertz CT molecular complexity index is 252. The minimum Gasteiger partial charge on any atom is -0.478 e. The minimum absolute atomic E-state index is 0.121. The van der Waals surface area contributed by atoms with Gasteiger partial charge in [0.25, 0.3) is 0 Å². The first kappa shape index (κ1) is 11.6. The van der Waals surface area contributed by atoms with E-state index in [1.165, 1.54) is 12.3 Å². The molecule has 72 valence electrons. The Kier molecular flexibility index (Phi) is 5.52. The summed E-state index contributed by atoms with van der Waals surface area (Å²) in [6, 6.07) is 0. The lowest BCUT2D eigenvalue weighted by atomic mass is 10.2. The van der Waals surface area contributed by atoms with Crippen LogP contribution in [0.1, 0.15) is 26.7 Å². The third-order valence-corrected chi connectivity index (χ3v) is 1.50. The average molecular weight is 181 g/mol. The van der Waals surface area contributed by atoms with Gasteiger partial charge in [-0.15, -0.1) is 0 Å². The molecule has 0 aromatic rings. The Morgan fingerprint density at radius 3 is 2.62 bits per heavy atom. The summed E-state index contributed by atoms with van der Waals surface area (Å²) in [6.45, 7) is 7.32. The van der Waals surface area contributed by atoms with E-state index in [9.17, 15) is 4.79 Å². The molecular formula is C10H15NO2. The molecule has 0 saturated carbocycles. The molecular weight excluding hydrogens is 166 g/mol. The number of carboxylic acids is 1. The molecule has 0 radical (unpaired) electrons. The molecule has 0 rings (SSSR count). The van der Waals surface area contributed by atoms with Gasteiger partial charge in [0.05, 0.1) is 5.57 Å². The maximum absolute atomic E-state index is 10.5. The first-order valence-electron chi connectivity index (χ1n) is 4.21. The van der Waals surface area contributed by atoms with Crippen LogP contribution in [0.4, 0.5) is 0 Å². The lowest BCUT2D eigenvalue weighted by molar-refractivity contribution is -0.132. The predicted octanol–water partition coefficient (Wildman–Crippen LogP) is 2.40. The van der Waals surface area contributed by atoms with Gasteiger partial charge in [0, 0.05) is 11.9 Å². The van der Waals surface area contributed by atoms with Gasteiger partial charge in [-0.05, 0) is 13.3 Å². The lowest BCUT2D eigenvalue weighted by Gasteiger charge is -1.94. The summed E-state index contributed by atoms with van der Waals surface area (Å²) < 4.78 is 0. The number of nitrogens with zero attached hydrogens (tertiary/aromatic N) is 1. The molecule has 0 aromatic heterocycles. The summed E-state index contributed by atoms with van der Waals surface area (Å²) in [5.74, 6) is -0.997. The number of rotatable bonds is 5. The van der Waals surface area contributed by atoms with Gasteiger partial charge in [-0.25, -0.2) is 4.79 Å². The molecule has 0 fully saturated rings. The molecule has 0 aliphatic rings. The monoisotopic (exact) mass is 181 g/mol. The highest BCUT2D eigenvalue weighted by molar-refractivity contribution is 5.90. The van der Waals surface area contributed by atoms with E-state index in [0.717, 1.165) is 18.6 Å². The van der Waals surface area contributed by atoms with Crippen LogP contribution in [-0.4, -0.2) is 16.8 Å². The molecule has 0 bridgehead atoms. The molecule has 13 heavy (non-hydrogen) atoms. The predicted molar refractivity (Wildman–Crippen MR) is 53.9 cm³/mol. The zero-order valence-corrected chi connectivity index (χ0v) is 8.08. The molecule has 0 unspecified atom stereocenters. The highest BCUT2D eigenvalue weighted by Crippen LogP contribution is 1.98. The van der Waals surface area contributed by atoms with Gasteiger partial charge in [0.15, 0.2) is 0 Å². The van der Waals surface area contributed by atoms with E-state index < -0.39 is 5.97 Å². The average Bonchev–Trinajstić information content (AvgIpc) is 2.05. The molecule has 0 heterocycles. The van der Waals surface area contributed by atoms with Crippen LogP contribution in [-0.2, 0) is 4.79 Å². The third-order valence-electron chi connectivity index (χ3n) is 1.50. The van der Waals surface area contributed by atoms with Gasteiger partial charge in [-0.3, -0.25) is 4.99 Å². The second kappa shape index (κ2) is 6.17. The molecule has 0 aromatic carbocycles. The van der Waals surface area contributed by atoms with Crippen molar-refractivity contribution in [3.8, 4) is 0 Å². The molecule has 0 aliphatic carbocycles. The van der Waals surface area contributed by atoms with Crippen molar-refractivity contribution in [2.75, 3.05) is 0 Å². The SMILES string of the molecule is C=C/C(=C\N=C(C)CCC)C(=O)O. The maximum Gasteiger partial charge on any atom is 0.337 e. The Labute approximate surface area is 78.5 Å². The lowest BCUT2D eigenvalue weighted by Crippen LogP contribution is -1.97. The second-order valence-corrected chi connectivity index (χ2v) is 2.71. The first-order chi connectivity index (χ1) is 6.11. The number of carboxylic acid groups (broad SMARTS) is 1. The van der Waals surface area contributed by atoms with E-state index >= 15 is 0 Å². The topological polar surface area (TPSA) is 49.7 Å². The standard InChI is InChI=1S/C10H15NO2/c1-4-6-8(3)11-7-9(5-2)10(12)13/h5,7H,2,4,6H2,1,3H3,(H,12,13)/b9-7+,11-8?. The fourth-order valence-electron chi connectivity index (χ4n) is 0.801. The quantitative estimate of drug-likeness (QED) is 0.402. The van der Waals surface area contributed by atoms with Crippen LogP contribution < -0.4 is 0 Å². The summed E-state index contributed by atoms with van der Waals surface area (Å²) in [7, 11) is 0. The Morgan fingerprint density at radius 2 is 2.23 bits per heavy atom. The van der Waals surface area contributed by atoms with Gasteiger partial charge in [-0.2, -0.15) is 0 Å². The largest absolute Gasteiger partial charge is 0.478 e. The fraction of sp³-hybridized carbons (Fsp3) is 0.400. The van der Waals surface area contributed by atoms with Crippen LogP contribution in [0, 0.1) is 0 Å². The summed E-state index contributed by atoms with van der Waals surface area (Å²) >= 11 is 0. The third kappa shape index (κ3) is 4.95. The molecule has 3 nitrogen and oxygen atoms in total. The minimum atomic E-state index is -0.997. The summed E-state index contributed by atoms with van der Waals surface area (Å²) in [5, 5.41) is 8.61. The van der Waals surface area contributed by atoms with Gasteiger partial charge >= 0.3 is 5.97 Å². The molecule has 0 amide bonds. The zero-order valence-electron chi connectivity index (χ0n) is 8.08. The van der Waals surface area contributed by atoms with Crippen LogP contribution in [0.2, 0.25) is 0 Å². The number of carbonyl (C=O) groups is 1. The van der Waals surface area contributed by atoms with Crippen LogP contribution >= 0.6 is 0 Å².